The Morgan fingerprint density at radius 2 is 1.94 bits per heavy atom. The zero-order chi connectivity index (χ0) is 24.4. The maximum atomic E-state index is 14.5. The van der Waals surface area contributed by atoms with E-state index in [1.165, 1.54) is 18.2 Å². The second kappa shape index (κ2) is 7.71. The molecule has 0 saturated heterocycles. The third kappa shape index (κ3) is 3.00. The lowest BCUT2D eigenvalue weighted by Crippen LogP contribution is -2.38. The van der Waals surface area contributed by atoms with E-state index in [0.29, 0.717) is 12.4 Å². The van der Waals surface area contributed by atoms with Crippen molar-refractivity contribution in [2.24, 2.45) is 5.41 Å². The lowest BCUT2D eigenvalue weighted by Gasteiger charge is -2.37. The second-order valence-corrected chi connectivity index (χ2v) is 9.86. The lowest BCUT2D eigenvalue weighted by molar-refractivity contribution is 0.242. The van der Waals surface area contributed by atoms with Gasteiger partial charge in [-0.25, -0.2) is 23.4 Å². The molecule has 35 heavy (non-hydrogen) atoms. The summed E-state index contributed by atoms with van der Waals surface area (Å²) in [5.74, 6) is -0.721. The molecule has 1 fully saturated rings. The number of aromatic nitrogens is 6. The zero-order valence-electron chi connectivity index (χ0n) is 19.4. The highest BCUT2D eigenvalue weighted by atomic mass is 19.1. The van der Waals surface area contributed by atoms with Crippen LogP contribution in [-0.2, 0) is 11.8 Å². The Kier molecular flexibility index (Phi) is 4.83. The number of aliphatic hydroxyl groups excluding tert-OH is 1. The van der Waals surface area contributed by atoms with Crippen LogP contribution in [0.1, 0.15) is 55.1 Å². The Morgan fingerprint density at radius 3 is 2.71 bits per heavy atom. The summed E-state index contributed by atoms with van der Waals surface area (Å²) in [6, 6.07) is 7.51. The number of hydrogen-bond donors (Lipinski definition) is 1. The van der Waals surface area contributed by atoms with Crippen LogP contribution < -0.4 is 0 Å². The minimum absolute atomic E-state index is 0.0412. The summed E-state index contributed by atoms with van der Waals surface area (Å²) in [5, 5.41) is 22.4. The van der Waals surface area contributed by atoms with Crippen molar-refractivity contribution in [3.8, 4) is 17.2 Å². The molecule has 3 aromatic heterocycles. The standard InChI is InChI=1S/C26H24F2N6O/c1-25(2)17-6-9-26(25,21-7-10-29-24(31-21)34-14-15(8-11-35)13-30-34)23-16(17)12-20(32-33-23)22-18(27)4-3-5-19(22)28/h3-5,7,10,12-14,17,35H,6,8-9,11H2,1-2H3/t17-,26+/m0/s1. The molecule has 0 unspecified atom stereocenters. The van der Waals surface area contributed by atoms with E-state index in [9.17, 15) is 13.9 Å². The molecular weight excluding hydrogens is 450 g/mol. The average Bonchev–Trinajstić information content (AvgIpc) is 3.47. The van der Waals surface area contributed by atoms with Crippen LogP contribution >= 0.6 is 0 Å². The summed E-state index contributed by atoms with van der Waals surface area (Å²) >= 11 is 0. The molecule has 1 aromatic carbocycles. The topological polar surface area (TPSA) is 89.6 Å². The van der Waals surface area contributed by atoms with Crippen LogP contribution in [0.4, 0.5) is 8.78 Å². The zero-order valence-corrected chi connectivity index (χ0v) is 19.4. The smallest absolute Gasteiger partial charge is 0.250 e. The molecule has 1 N–H and O–H groups in total. The lowest BCUT2D eigenvalue weighted by atomic mass is 9.66. The molecule has 2 atom stereocenters. The van der Waals surface area contributed by atoms with E-state index < -0.39 is 17.0 Å². The number of fused-ring (bicyclic) bond motifs is 5. The molecule has 0 spiro atoms. The molecule has 178 valence electrons. The molecule has 0 radical (unpaired) electrons. The number of aliphatic hydroxyl groups is 1. The van der Waals surface area contributed by atoms with Gasteiger partial charge in [0.2, 0.25) is 0 Å². The molecule has 7 nitrogen and oxygen atoms in total. The van der Waals surface area contributed by atoms with Crippen molar-refractivity contribution in [3.05, 3.63) is 83.1 Å². The third-order valence-corrected chi connectivity index (χ3v) is 7.92. The maximum absolute atomic E-state index is 14.5. The fourth-order valence-electron chi connectivity index (χ4n) is 6.18. The van der Waals surface area contributed by atoms with Gasteiger partial charge < -0.3 is 5.11 Å². The van der Waals surface area contributed by atoms with Crippen molar-refractivity contribution >= 4 is 0 Å². The minimum Gasteiger partial charge on any atom is -0.396 e. The highest BCUT2D eigenvalue weighted by Crippen LogP contribution is 2.69. The fourth-order valence-corrected chi connectivity index (χ4v) is 6.18. The summed E-state index contributed by atoms with van der Waals surface area (Å²) in [7, 11) is 0. The Morgan fingerprint density at radius 1 is 1.14 bits per heavy atom. The highest BCUT2D eigenvalue weighted by Gasteiger charge is 2.65. The van der Waals surface area contributed by atoms with Gasteiger partial charge in [-0.1, -0.05) is 19.9 Å². The normalized spacial score (nSPS) is 21.9. The summed E-state index contributed by atoms with van der Waals surface area (Å²) < 4.78 is 30.6. The van der Waals surface area contributed by atoms with E-state index in [-0.39, 0.29) is 29.2 Å². The van der Waals surface area contributed by atoms with Gasteiger partial charge in [-0.05, 0) is 66.0 Å². The van der Waals surface area contributed by atoms with Crippen LogP contribution in [0.15, 0.2) is 48.9 Å². The van der Waals surface area contributed by atoms with E-state index in [1.54, 1.807) is 23.1 Å². The third-order valence-electron chi connectivity index (χ3n) is 7.92. The summed E-state index contributed by atoms with van der Waals surface area (Å²) in [6.45, 7) is 4.44. The first-order chi connectivity index (χ1) is 16.9. The first-order valence-corrected chi connectivity index (χ1v) is 11.7. The number of halogens is 2. The Balaban J connectivity index is 1.48. The maximum Gasteiger partial charge on any atom is 0.250 e. The van der Waals surface area contributed by atoms with E-state index >= 15 is 0 Å². The molecule has 3 heterocycles. The van der Waals surface area contributed by atoms with Crippen molar-refractivity contribution in [1.82, 2.24) is 29.9 Å². The monoisotopic (exact) mass is 474 g/mol. The van der Waals surface area contributed by atoms with Crippen LogP contribution in [0.3, 0.4) is 0 Å². The van der Waals surface area contributed by atoms with Gasteiger partial charge in [0.15, 0.2) is 0 Å². The van der Waals surface area contributed by atoms with Crippen molar-refractivity contribution in [1.29, 1.82) is 0 Å². The summed E-state index contributed by atoms with van der Waals surface area (Å²) in [5.41, 5.74) is 2.80. The predicted molar refractivity (Wildman–Crippen MR) is 124 cm³/mol. The molecule has 0 amide bonds. The van der Waals surface area contributed by atoms with Gasteiger partial charge in [-0.15, -0.1) is 5.10 Å². The fraction of sp³-hybridized carbons (Fsp3) is 0.346. The van der Waals surface area contributed by atoms with Crippen molar-refractivity contribution in [2.75, 3.05) is 6.61 Å². The highest BCUT2D eigenvalue weighted by molar-refractivity contribution is 5.64. The van der Waals surface area contributed by atoms with E-state index in [2.05, 4.69) is 34.1 Å². The first kappa shape index (κ1) is 21.9. The van der Waals surface area contributed by atoms with Gasteiger partial charge in [0.25, 0.3) is 5.95 Å². The van der Waals surface area contributed by atoms with E-state index in [1.807, 2.05) is 12.3 Å². The predicted octanol–water partition coefficient (Wildman–Crippen LogP) is 4.14. The second-order valence-electron chi connectivity index (χ2n) is 9.86. The van der Waals surface area contributed by atoms with Crippen LogP contribution in [0.2, 0.25) is 0 Å². The average molecular weight is 475 g/mol. The van der Waals surface area contributed by atoms with Gasteiger partial charge in [0.05, 0.1) is 34.3 Å². The van der Waals surface area contributed by atoms with Crippen LogP contribution in [0.25, 0.3) is 17.2 Å². The van der Waals surface area contributed by atoms with Crippen LogP contribution in [0, 0.1) is 17.0 Å². The van der Waals surface area contributed by atoms with Crippen molar-refractivity contribution in [2.45, 2.75) is 44.4 Å². The Labute approximate surface area is 200 Å². The van der Waals surface area contributed by atoms with Gasteiger partial charge in [0.1, 0.15) is 11.6 Å². The number of rotatable bonds is 5. The molecule has 1 saturated carbocycles. The van der Waals surface area contributed by atoms with Gasteiger partial charge >= 0.3 is 0 Å². The molecule has 2 aliphatic rings. The Bertz CT molecular complexity index is 1430. The Hall–Kier alpha value is -3.59. The first-order valence-electron chi connectivity index (χ1n) is 11.7. The van der Waals surface area contributed by atoms with E-state index in [0.717, 1.165) is 35.4 Å². The minimum atomic E-state index is -0.656. The van der Waals surface area contributed by atoms with Gasteiger partial charge in [0, 0.05) is 19.0 Å². The molecular formula is C26H24F2N6O. The number of hydrogen-bond acceptors (Lipinski definition) is 6. The summed E-state index contributed by atoms with van der Waals surface area (Å²) in [6.07, 6.45) is 7.48. The van der Waals surface area contributed by atoms with Gasteiger partial charge in [-0.2, -0.15) is 10.2 Å². The molecule has 6 rings (SSSR count). The van der Waals surface area contributed by atoms with Crippen LogP contribution in [-0.4, -0.2) is 41.7 Å². The van der Waals surface area contributed by atoms with E-state index in [4.69, 9.17) is 4.98 Å². The molecule has 0 aliphatic heterocycles. The molecule has 2 aliphatic carbocycles. The number of nitrogens with zero attached hydrogens (tertiary/aromatic N) is 6. The molecule has 4 aromatic rings. The SMILES string of the molecule is CC1(C)[C@H]2CC[C@@]1(c1ccnc(-n3cc(CCO)cn3)n1)c1nnc(-c3c(F)cccc3F)cc12. The van der Waals surface area contributed by atoms with Gasteiger partial charge in [-0.3, -0.25) is 0 Å². The largest absolute Gasteiger partial charge is 0.396 e. The quantitative estimate of drug-likeness (QED) is 0.468. The van der Waals surface area contributed by atoms with Crippen LogP contribution in [0.5, 0.6) is 0 Å². The summed E-state index contributed by atoms with van der Waals surface area (Å²) in [4.78, 5) is 9.33. The molecule has 2 bridgehead atoms. The molecule has 9 heteroatoms. The number of benzene rings is 1. The van der Waals surface area contributed by atoms with Crippen molar-refractivity contribution < 1.29 is 13.9 Å². The van der Waals surface area contributed by atoms with Crippen molar-refractivity contribution in [3.63, 3.8) is 0 Å².